The van der Waals surface area contributed by atoms with Crippen LogP contribution in [0.25, 0.3) is 0 Å². The van der Waals surface area contributed by atoms with Crippen LogP contribution in [0.2, 0.25) is 0 Å². The number of nitrogens with one attached hydrogen (secondary N) is 1. The van der Waals surface area contributed by atoms with Crippen molar-refractivity contribution in [3.05, 3.63) is 15.8 Å². The van der Waals surface area contributed by atoms with Gasteiger partial charge in [0, 0.05) is 26.2 Å². The van der Waals surface area contributed by atoms with Crippen LogP contribution in [-0.2, 0) is 0 Å². The standard InChI is InChI=1S/C11H20N6O2/c1-4-16(5-2)11-14-8(3)9(17(18)19)10(15-11)13-7-6-12/h4-7,12H2,1-3H3,(H,13,14,15). The molecule has 0 fully saturated rings. The number of hydrogen-bond acceptors (Lipinski definition) is 7. The number of nitrogens with two attached hydrogens (primary N) is 1. The zero-order valence-electron chi connectivity index (χ0n) is 11.5. The Morgan fingerprint density at radius 3 is 2.47 bits per heavy atom. The van der Waals surface area contributed by atoms with Gasteiger partial charge in [-0.05, 0) is 20.8 Å². The maximum absolute atomic E-state index is 11.1. The van der Waals surface area contributed by atoms with Crippen LogP contribution >= 0.6 is 0 Å². The second-order valence-corrected chi connectivity index (χ2v) is 3.95. The largest absolute Gasteiger partial charge is 0.363 e. The molecule has 0 aliphatic heterocycles. The van der Waals surface area contributed by atoms with Gasteiger partial charge < -0.3 is 16.0 Å². The predicted octanol–water partition coefficient (Wildman–Crippen LogP) is 0.910. The highest BCUT2D eigenvalue weighted by Gasteiger charge is 2.23. The van der Waals surface area contributed by atoms with Gasteiger partial charge in [-0.3, -0.25) is 10.1 Å². The van der Waals surface area contributed by atoms with E-state index in [2.05, 4.69) is 15.3 Å². The topological polar surface area (TPSA) is 110 Å². The van der Waals surface area contributed by atoms with E-state index in [1.54, 1.807) is 6.92 Å². The van der Waals surface area contributed by atoms with Crippen molar-refractivity contribution < 1.29 is 4.92 Å². The van der Waals surface area contributed by atoms with Crippen LogP contribution in [-0.4, -0.2) is 41.1 Å². The van der Waals surface area contributed by atoms with E-state index >= 15 is 0 Å². The minimum atomic E-state index is -0.472. The van der Waals surface area contributed by atoms with Crippen molar-refractivity contribution in [1.29, 1.82) is 0 Å². The summed E-state index contributed by atoms with van der Waals surface area (Å²) < 4.78 is 0. The first-order valence-corrected chi connectivity index (χ1v) is 6.27. The minimum absolute atomic E-state index is 0.0932. The summed E-state index contributed by atoms with van der Waals surface area (Å²) in [5.41, 5.74) is 5.66. The van der Waals surface area contributed by atoms with E-state index in [4.69, 9.17) is 5.73 Å². The quantitative estimate of drug-likeness (QED) is 0.558. The summed E-state index contributed by atoms with van der Waals surface area (Å²) in [5, 5.41) is 14.0. The summed E-state index contributed by atoms with van der Waals surface area (Å²) in [7, 11) is 0. The highest BCUT2D eigenvalue weighted by molar-refractivity contribution is 5.61. The van der Waals surface area contributed by atoms with Gasteiger partial charge in [-0.15, -0.1) is 0 Å². The van der Waals surface area contributed by atoms with Crippen molar-refractivity contribution in [2.45, 2.75) is 20.8 Å². The molecule has 1 aromatic heterocycles. The van der Waals surface area contributed by atoms with Crippen LogP contribution in [0.5, 0.6) is 0 Å². The Balaban J connectivity index is 3.25. The summed E-state index contributed by atoms with van der Waals surface area (Å²) in [4.78, 5) is 21.0. The molecule has 0 bridgehead atoms. The van der Waals surface area contributed by atoms with Crippen LogP contribution in [0.4, 0.5) is 17.5 Å². The third kappa shape index (κ3) is 3.50. The summed E-state index contributed by atoms with van der Waals surface area (Å²) in [6.45, 7) is 7.86. The van der Waals surface area contributed by atoms with Gasteiger partial charge >= 0.3 is 5.69 Å². The number of aryl methyl sites for hydroxylation is 1. The maximum atomic E-state index is 11.1. The summed E-state index contributed by atoms with van der Waals surface area (Å²) >= 11 is 0. The van der Waals surface area contributed by atoms with Gasteiger partial charge in [0.25, 0.3) is 0 Å². The molecule has 1 heterocycles. The highest BCUT2D eigenvalue weighted by Crippen LogP contribution is 2.27. The highest BCUT2D eigenvalue weighted by atomic mass is 16.6. The van der Waals surface area contributed by atoms with E-state index in [1.807, 2.05) is 18.7 Å². The second-order valence-electron chi connectivity index (χ2n) is 3.95. The molecule has 3 N–H and O–H groups in total. The molecule has 0 aliphatic rings. The first-order chi connectivity index (χ1) is 9.04. The lowest BCUT2D eigenvalue weighted by Gasteiger charge is -2.19. The zero-order valence-corrected chi connectivity index (χ0v) is 11.5. The van der Waals surface area contributed by atoms with E-state index in [-0.39, 0.29) is 11.5 Å². The van der Waals surface area contributed by atoms with Crippen LogP contribution in [0, 0.1) is 17.0 Å². The molecule has 0 aromatic carbocycles. The fourth-order valence-electron chi connectivity index (χ4n) is 1.73. The normalized spacial score (nSPS) is 10.3. The Hall–Kier alpha value is -1.96. The van der Waals surface area contributed by atoms with E-state index in [0.29, 0.717) is 24.7 Å². The first-order valence-electron chi connectivity index (χ1n) is 6.27. The van der Waals surface area contributed by atoms with Gasteiger partial charge in [0.1, 0.15) is 5.69 Å². The average molecular weight is 268 g/mol. The summed E-state index contributed by atoms with van der Waals surface area (Å²) in [6, 6.07) is 0. The second kappa shape index (κ2) is 6.83. The smallest absolute Gasteiger partial charge is 0.332 e. The van der Waals surface area contributed by atoms with Gasteiger partial charge in [-0.25, -0.2) is 4.98 Å². The fraction of sp³-hybridized carbons (Fsp3) is 0.636. The molecular weight excluding hydrogens is 248 g/mol. The number of hydrogen-bond donors (Lipinski definition) is 2. The molecule has 0 unspecified atom stereocenters. The van der Waals surface area contributed by atoms with E-state index in [1.165, 1.54) is 0 Å². The molecule has 0 aliphatic carbocycles. The molecule has 1 aromatic rings. The first kappa shape index (κ1) is 15.1. The van der Waals surface area contributed by atoms with Crippen molar-refractivity contribution in [3.8, 4) is 0 Å². The molecule has 8 nitrogen and oxygen atoms in total. The van der Waals surface area contributed by atoms with Crippen molar-refractivity contribution in [1.82, 2.24) is 9.97 Å². The van der Waals surface area contributed by atoms with E-state index < -0.39 is 4.92 Å². The molecule has 0 spiro atoms. The Kier molecular flexibility index (Phi) is 5.43. The SMILES string of the molecule is CCN(CC)c1nc(C)c([N+](=O)[O-])c(NCCN)n1. The zero-order chi connectivity index (χ0) is 14.4. The van der Waals surface area contributed by atoms with Crippen LogP contribution in [0.1, 0.15) is 19.5 Å². The molecule has 0 radical (unpaired) electrons. The molecule has 19 heavy (non-hydrogen) atoms. The summed E-state index contributed by atoms with van der Waals surface area (Å²) in [6.07, 6.45) is 0. The third-order valence-corrected chi connectivity index (χ3v) is 2.71. The Bertz CT molecular complexity index is 447. The lowest BCUT2D eigenvalue weighted by atomic mass is 10.3. The lowest BCUT2D eigenvalue weighted by molar-refractivity contribution is -0.385. The number of rotatable bonds is 7. The van der Waals surface area contributed by atoms with Crippen LogP contribution < -0.4 is 16.0 Å². The molecule has 0 saturated carbocycles. The monoisotopic (exact) mass is 268 g/mol. The lowest BCUT2D eigenvalue weighted by Crippen LogP contribution is -2.25. The van der Waals surface area contributed by atoms with Gasteiger partial charge in [-0.2, -0.15) is 4.98 Å². The van der Waals surface area contributed by atoms with Crippen LogP contribution in [0.3, 0.4) is 0 Å². The fourth-order valence-corrected chi connectivity index (χ4v) is 1.73. The molecule has 0 saturated heterocycles. The molecule has 8 heteroatoms. The number of aromatic nitrogens is 2. The molecule has 106 valence electrons. The van der Waals surface area contributed by atoms with Crippen molar-refractivity contribution in [2.75, 3.05) is 36.4 Å². The van der Waals surface area contributed by atoms with Crippen LogP contribution in [0.15, 0.2) is 0 Å². The molecule has 1 rings (SSSR count). The third-order valence-electron chi connectivity index (χ3n) is 2.71. The Morgan fingerprint density at radius 1 is 1.37 bits per heavy atom. The Morgan fingerprint density at radius 2 is 2.00 bits per heavy atom. The van der Waals surface area contributed by atoms with Gasteiger partial charge in [0.15, 0.2) is 0 Å². The van der Waals surface area contributed by atoms with Crippen molar-refractivity contribution >= 4 is 17.5 Å². The molecular formula is C11H20N6O2. The molecule has 0 amide bonds. The van der Waals surface area contributed by atoms with E-state index in [0.717, 1.165) is 13.1 Å². The number of anilines is 2. The Labute approximate surface area is 112 Å². The minimum Gasteiger partial charge on any atom is -0.363 e. The van der Waals surface area contributed by atoms with Gasteiger partial charge in [0.05, 0.1) is 4.92 Å². The molecule has 0 atom stereocenters. The van der Waals surface area contributed by atoms with Crippen molar-refractivity contribution in [2.24, 2.45) is 5.73 Å². The maximum Gasteiger partial charge on any atom is 0.332 e. The average Bonchev–Trinajstić information content (AvgIpc) is 2.36. The number of nitro groups is 1. The number of nitrogens with zero attached hydrogens (tertiary/aromatic N) is 4. The van der Waals surface area contributed by atoms with Gasteiger partial charge in [-0.1, -0.05) is 0 Å². The summed E-state index contributed by atoms with van der Waals surface area (Å²) in [5.74, 6) is 0.720. The van der Waals surface area contributed by atoms with E-state index in [9.17, 15) is 10.1 Å². The van der Waals surface area contributed by atoms with Gasteiger partial charge in [0.2, 0.25) is 11.8 Å². The predicted molar refractivity (Wildman–Crippen MR) is 74.5 cm³/mol. The van der Waals surface area contributed by atoms with Crippen molar-refractivity contribution in [3.63, 3.8) is 0 Å².